The van der Waals surface area contributed by atoms with E-state index >= 15 is 0 Å². The van der Waals surface area contributed by atoms with Gasteiger partial charge in [0.1, 0.15) is 5.75 Å². The lowest BCUT2D eigenvalue weighted by molar-refractivity contribution is 0.0941. The van der Waals surface area contributed by atoms with Gasteiger partial charge in [-0.05, 0) is 37.8 Å². The summed E-state index contributed by atoms with van der Waals surface area (Å²) in [5, 5.41) is 12.7. The van der Waals surface area contributed by atoms with Crippen LogP contribution in [0.2, 0.25) is 0 Å². The van der Waals surface area contributed by atoms with Gasteiger partial charge < -0.3 is 10.4 Å². The van der Waals surface area contributed by atoms with Gasteiger partial charge in [-0.1, -0.05) is 40.4 Å². The van der Waals surface area contributed by atoms with Gasteiger partial charge in [-0.25, -0.2) is 0 Å². The van der Waals surface area contributed by atoms with Crippen LogP contribution in [0.25, 0.3) is 0 Å². The molecule has 1 aromatic carbocycles. The average molecular weight is 326 g/mol. The number of halogens is 1. The van der Waals surface area contributed by atoms with Gasteiger partial charge in [0.15, 0.2) is 0 Å². The Balaban J connectivity index is 1.95. The molecule has 2 atom stereocenters. The van der Waals surface area contributed by atoms with Crippen LogP contribution in [0.1, 0.15) is 41.6 Å². The van der Waals surface area contributed by atoms with E-state index in [2.05, 4.69) is 21.2 Å². The molecular weight excluding hydrogens is 306 g/mol. The zero-order valence-corrected chi connectivity index (χ0v) is 12.7. The maximum absolute atomic E-state index is 12.1. The van der Waals surface area contributed by atoms with Gasteiger partial charge in [0.2, 0.25) is 0 Å². The maximum atomic E-state index is 12.1. The van der Waals surface area contributed by atoms with E-state index in [1.165, 1.54) is 19.3 Å². The summed E-state index contributed by atoms with van der Waals surface area (Å²) in [7, 11) is 0. The van der Waals surface area contributed by atoms with Crippen LogP contribution in [-0.2, 0) is 0 Å². The van der Waals surface area contributed by atoms with Crippen LogP contribution in [0.5, 0.6) is 5.75 Å². The zero-order chi connectivity index (χ0) is 13.8. The van der Waals surface area contributed by atoms with Gasteiger partial charge in [-0.3, -0.25) is 4.79 Å². The molecule has 1 fully saturated rings. The van der Waals surface area contributed by atoms with E-state index < -0.39 is 0 Å². The first-order valence-corrected chi connectivity index (χ1v) is 7.71. The number of alkyl halides is 1. The molecule has 2 N–H and O–H groups in total. The molecule has 0 aliphatic heterocycles. The number of carbonyl (C=O) groups is 1. The van der Waals surface area contributed by atoms with Crippen molar-refractivity contribution in [3.63, 3.8) is 0 Å². The molecule has 0 saturated heterocycles. The van der Waals surface area contributed by atoms with Crippen molar-refractivity contribution in [2.45, 2.75) is 37.4 Å². The summed E-state index contributed by atoms with van der Waals surface area (Å²) < 4.78 is 0. The summed E-state index contributed by atoms with van der Waals surface area (Å²) >= 11 is 3.69. The molecule has 4 heteroatoms. The molecular formula is C15H20BrNO2. The molecule has 1 aromatic rings. The van der Waals surface area contributed by atoms with Crippen molar-refractivity contribution in [1.82, 2.24) is 5.32 Å². The number of phenols is 1. The number of aryl methyl sites for hydroxylation is 1. The fourth-order valence-corrected chi connectivity index (χ4v) is 3.32. The minimum atomic E-state index is -0.188. The van der Waals surface area contributed by atoms with Crippen molar-refractivity contribution in [2.75, 3.05) is 6.54 Å². The highest BCUT2D eigenvalue weighted by Gasteiger charge is 2.23. The van der Waals surface area contributed by atoms with Crippen LogP contribution in [0, 0.1) is 12.8 Å². The maximum Gasteiger partial charge on any atom is 0.255 e. The first-order valence-electron chi connectivity index (χ1n) is 6.80. The van der Waals surface area contributed by atoms with Gasteiger partial charge in [0.25, 0.3) is 5.91 Å². The second kappa shape index (κ2) is 6.42. The third-order valence-electron chi connectivity index (χ3n) is 3.74. The molecule has 0 radical (unpaired) electrons. The highest BCUT2D eigenvalue weighted by Crippen LogP contribution is 2.29. The summed E-state index contributed by atoms with van der Waals surface area (Å²) in [6.07, 6.45) is 4.82. The smallest absolute Gasteiger partial charge is 0.255 e. The topological polar surface area (TPSA) is 49.3 Å². The molecule has 1 aliphatic rings. The summed E-state index contributed by atoms with van der Waals surface area (Å²) in [5.74, 6) is 0.346. The molecule has 0 spiro atoms. The van der Waals surface area contributed by atoms with E-state index in [4.69, 9.17) is 0 Å². The van der Waals surface area contributed by atoms with Gasteiger partial charge in [-0.2, -0.15) is 0 Å². The molecule has 1 aliphatic carbocycles. The molecule has 1 amide bonds. The summed E-state index contributed by atoms with van der Waals surface area (Å²) in [5.41, 5.74) is 1.33. The van der Waals surface area contributed by atoms with E-state index in [-0.39, 0.29) is 11.7 Å². The molecule has 2 unspecified atom stereocenters. The molecule has 1 saturated carbocycles. The monoisotopic (exact) mass is 325 g/mol. The quantitative estimate of drug-likeness (QED) is 0.837. The Morgan fingerprint density at radius 3 is 2.89 bits per heavy atom. The third kappa shape index (κ3) is 3.72. The molecule has 2 rings (SSSR count). The highest BCUT2D eigenvalue weighted by molar-refractivity contribution is 9.09. The first kappa shape index (κ1) is 14.4. The second-order valence-electron chi connectivity index (χ2n) is 5.29. The summed E-state index contributed by atoms with van der Waals surface area (Å²) in [6.45, 7) is 2.58. The molecule has 0 aromatic heterocycles. The first-order chi connectivity index (χ1) is 9.08. The van der Waals surface area contributed by atoms with Crippen LogP contribution < -0.4 is 5.32 Å². The lowest BCUT2D eigenvalue weighted by Gasteiger charge is -2.27. The van der Waals surface area contributed by atoms with Gasteiger partial charge in [0, 0.05) is 11.4 Å². The van der Waals surface area contributed by atoms with Crippen molar-refractivity contribution >= 4 is 21.8 Å². The number of phenolic OH excluding ortho intramolecular Hbond substituents is 1. The number of hydrogen-bond donors (Lipinski definition) is 2. The largest absolute Gasteiger partial charge is 0.507 e. The second-order valence-corrected chi connectivity index (χ2v) is 6.47. The van der Waals surface area contributed by atoms with Gasteiger partial charge in [-0.15, -0.1) is 0 Å². The molecule has 3 nitrogen and oxygen atoms in total. The van der Waals surface area contributed by atoms with Gasteiger partial charge >= 0.3 is 0 Å². The van der Waals surface area contributed by atoms with Crippen LogP contribution in [0.3, 0.4) is 0 Å². The molecule has 0 bridgehead atoms. The number of nitrogens with one attached hydrogen (secondary N) is 1. The molecule has 19 heavy (non-hydrogen) atoms. The molecule has 104 valence electrons. The Labute approximate surface area is 122 Å². The third-order valence-corrected chi connectivity index (χ3v) is 4.94. The Hall–Kier alpha value is -1.03. The number of carbonyl (C=O) groups excluding carboxylic acids is 1. The van der Waals surface area contributed by atoms with Gasteiger partial charge in [0.05, 0.1) is 5.56 Å². The lowest BCUT2D eigenvalue weighted by atomic mass is 9.89. The number of aromatic hydroxyl groups is 1. The fraction of sp³-hybridized carbons (Fsp3) is 0.533. The SMILES string of the molecule is Cc1ccc(O)c(C(=O)NCC2CCCCC2Br)c1. The van der Waals surface area contributed by atoms with Crippen molar-refractivity contribution in [2.24, 2.45) is 5.92 Å². The Bertz CT molecular complexity index is 461. The normalized spacial score (nSPS) is 23.1. The fourth-order valence-electron chi connectivity index (χ4n) is 2.54. The predicted molar refractivity (Wildman–Crippen MR) is 79.9 cm³/mol. The average Bonchev–Trinajstić information content (AvgIpc) is 2.40. The van der Waals surface area contributed by atoms with E-state index in [0.29, 0.717) is 22.9 Å². The predicted octanol–water partition coefficient (Wildman–Crippen LogP) is 3.38. The van der Waals surface area contributed by atoms with Crippen LogP contribution >= 0.6 is 15.9 Å². The molecule has 0 heterocycles. The van der Waals surface area contributed by atoms with Crippen molar-refractivity contribution < 1.29 is 9.90 Å². The van der Waals surface area contributed by atoms with Crippen molar-refractivity contribution in [3.8, 4) is 5.75 Å². The summed E-state index contributed by atoms with van der Waals surface area (Å²) in [4.78, 5) is 12.6. The van der Waals surface area contributed by atoms with E-state index in [1.54, 1.807) is 18.2 Å². The van der Waals surface area contributed by atoms with E-state index in [1.807, 2.05) is 6.92 Å². The number of hydrogen-bond acceptors (Lipinski definition) is 2. The zero-order valence-electron chi connectivity index (χ0n) is 11.2. The van der Waals surface area contributed by atoms with Crippen LogP contribution in [0.15, 0.2) is 18.2 Å². The van der Waals surface area contributed by atoms with Crippen LogP contribution in [0.4, 0.5) is 0 Å². The number of amides is 1. The van der Waals surface area contributed by atoms with E-state index in [0.717, 1.165) is 12.0 Å². The minimum absolute atomic E-state index is 0.0436. The Morgan fingerprint density at radius 1 is 1.42 bits per heavy atom. The highest BCUT2D eigenvalue weighted by atomic mass is 79.9. The minimum Gasteiger partial charge on any atom is -0.507 e. The van der Waals surface area contributed by atoms with Crippen LogP contribution in [-0.4, -0.2) is 22.4 Å². The van der Waals surface area contributed by atoms with E-state index in [9.17, 15) is 9.90 Å². The number of rotatable bonds is 3. The summed E-state index contributed by atoms with van der Waals surface area (Å²) in [6, 6.07) is 5.08. The Morgan fingerprint density at radius 2 is 2.16 bits per heavy atom. The van der Waals surface area contributed by atoms with Crippen molar-refractivity contribution in [3.05, 3.63) is 29.3 Å². The Kier molecular flexibility index (Phi) is 4.86. The number of benzene rings is 1. The standard InChI is InChI=1S/C15H20BrNO2/c1-10-6-7-14(18)12(8-10)15(19)17-9-11-4-2-3-5-13(11)16/h6-8,11,13,18H,2-5,9H2,1H3,(H,17,19). The van der Waals surface area contributed by atoms with Crippen molar-refractivity contribution in [1.29, 1.82) is 0 Å². The lowest BCUT2D eigenvalue weighted by Crippen LogP contribution is -2.34.